The van der Waals surface area contributed by atoms with Gasteiger partial charge in [0, 0.05) is 43.6 Å². The first-order chi connectivity index (χ1) is 14.1. The molecule has 0 saturated carbocycles. The fourth-order valence-electron chi connectivity index (χ4n) is 4.01. The Balaban J connectivity index is 1.48. The van der Waals surface area contributed by atoms with Crippen LogP contribution in [0.25, 0.3) is 0 Å². The Labute approximate surface area is 173 Å². The molecular formula is C24H30N4O. The smallest absolute Gasteiger partial charge is 0.112 e. The van der Waals surface area contributed by atoms with Crippen molar-refractivity contribution >= 4 is 0 Å². The van der Waals surface area contributed by atoms with Gasteiger partial charge in [-0.05, 0) is 50.5 Å². The van der Waals surface area contributed by atoms with Crippen LogP contribution in [0.2, 0.25) is 0 Å². The quantitative estimate of drug-likeness (QED) is 0.636. The van der Waals surface area contributed by atoms with Crippen molar-refractivity contribution in [1.29, 1.82) is 0 Å². The number of benzene rings is 1. The van der Waals surface area contributed by atoms with Crippen LogP contribution in [0.4, 0.5) is 0 Å². The van der Waals surface area contributed by atoms with Crippen molar-refractivity contribution in [3.05, 3.63) is 82.4 Å². The lowest BCUT2D eigenvalue weighted by Gasteiger charge is -2.32. The molecule has 0 bridgehead atoms. The van der Waals surface area contributed by atoms with Crippen molar-refractivity contribution in [2.24, 2.45) is 0 Å². The van der Waals surface area contributed by atoms with Gasteiger partial charge in [-0.25, -0.2) is 0 Å². The Morgan fingerprint density at radius 1 is 1.10 bits per heavy atom. The van der Waals surface area contributed by atoms with Crippen molar-refractivity contribution in [2.75, 3.05) is 19.7 Å². The third-order valence-corrected chi connectivity index (χ3v) is 5.53. The predicted octanol–water partition coefficient (Wildman–Crippen LogP) is 4.08. The van der Waals surface area contributed by atoms with Crippen LogP contribution in [-0.4, -0.2) is 39.4 Å². The number of hydrogen-bond acceptors (Lipinski definition) is 4. The minimum absolute atomic E-state index is 0.0136. The molecule has 3 heterocycles. The Hall–Kier alpha value is -2.50. The predicted molar refractivity (Wildman–Crippen MR) is 115 cm³/mol. The van der Waals surface area contributed by atoms with Gasteiger partial charge in [0.25, 0.3) is 0 Å². The summed E-state index contributed by atoms with van der Waals surface area (Å²) in [5.74, 6) is 0. The van der Waals surface area contributed by atoms with Gasteiger partial charge in [-0.3, -0.25) is 14.6 Å². The lowest BCUT2D eigenvalue weighted by atomic mass is 10.0. The van der Waals surface area contributed by atoms with E-state index in [4.69, 9.17) is 9.72 Å². The second kappa shape index (κ2) is 8.89. The van der Waals surface area contributed by atoms with E-state index < -0.39 is 0 Å². The molecule has 0 aliphatic carbocycles. The van der Waals surface area contributed by atoms with E-state index in [1.807, 2.05) is 4.68 Å². The second-order valence-corrected chi connectivity index (χ2v) is 7.89. The van der Waals surface area contributed by atoms with Crippen LogP contribution in [0.3, 0.4) is 0 Å². The highest BCUT2D eigenvalue weighted by Crippen LogP contribution is 2.24. The first-order valence-corrected chi connectivity index (χ1v) is 10.5. The van der Waals surface area contributed by atoms with Gasteiger partial charge in [-0.1, -0.05) is 30.3 Å². The second-order valence-electron chi connectivity index (χ2n) is 7.89. The average molecular weight is 391 g/mol. The van der Waals surface area contributed by atoms with E-state index in [9.17, 15) is 0 Å². The molecule has 1 aliphatic heterocycles. The maximum Gasteiger partial charge on any atom is 0.112 e. The third-order valence-electron chi connectivity index (χ3n) is 5.53. The number of pyridine rings is 1. The summed E-state index contributed by atoms with van der Waals surface area (Å²) in [5, 5.41) is 4.58. The highest BCUT2D eigenvalue weighted by atomic mass is 16.5. The summed E-state index contributed by atoms with van der Waals surface area (Å²) >= 11 is 0. The van der Waals surface area contributed by atoms with Crippen LogP contribution in [0.1, 0.15) is 46.8 Å². The van der Waals surface area contributed by atoms with E-state index in [1.165, 1.54) is 16.7 Å². The van der Waals surface area contributed by atoms with Crippen molar-refractivity contribution in [3.8, 4) is 0 Å². The van der Waals surface area contributed by atoms with Crippen molar-refractivity contribution in [3.63, 3.8) is 0 Å². The molecule has 5 nitrogen and oxygen atoms in total. The number of aromatic nitrogens is 3. The van der Waals surface area contributed by atoms with Crippen LogP contribution in [-0.2, 0) is 24.2 Å². The molecule has 0 radical (unpaired) electrons. The Kier molecular flexibility index (Phi) is 6.07. The van der Waals surface area contributed by atoms with Crippen LogP contribution < -0.4 is 0 Å². The maximum atomic E-state index is 6.12. The lowest BCUT2D eigenvalue weighted by molar-refractivity contribution is -0.0351. The van der Waals surface area contributed by atoms with Gasteiger partial charge in [0.1, 0.15) is 6.10 Å². The molecule has 1 aliphatic rings. The van der Waals surface area contributed by atoms with Gasteiger partial charge in [0.05, 0.1) is 18.0 Å². The number of aryl methyl sites for hydroxylation is 3. The zero-order chi connectivity index (χ0) is 20.2. The molecule has 0 spiro atoms. The standard InChI is InChI=1S/C24H30N4O/c1-4-28-16-22(19(3)26-28)15-27-10-11-29-24(17-27)23-14-21(12-18(2)25-23)13-20-8-6-5-7-9-20/h5-9,12,14,16,24H,4,10-11,13,15,17H2,1-3H3/t24-/m0/s1. The first-order valence-electron chi connectivity index (χ1n) is 10.5. The van der Waals surface area contributed by atoms with E-state index in [-0.39, 0.29) is 6.10 Å². The summed E-state index contributed by atoms with van der Waals surface area (Å²) in [5.41, 5.74) is 7.12. The normalized spacial score (nSPS) is 17.6. The van der Waals surface area contributed by atoms with Crippen molar-refractivity contribution < 1.29 is 4.74 Å². The van der Waals surface area contributed by atoms with E-state index in [2.05, 4.69) is 79.4 Å². The molecular weight excluding hydrogens is 360 g/mol. The SMILES string of the molecule is CCn1cc(CN2CCO[C@H](c3cc(Cc4ccccc4)cc(C)n3)C2)c(C)n1. The van der Waals surface area contributed by atoms with Crippen LogP contribution in [0, 0.1) is 13.8 Å². The van der Waals surface area contributed by atoms with Gasteiger partial charge >= 0.3 is 0 Å². The maximum absolute atomic E-state index is 6.12. The van der Waals surface area contributed by atoms with E-state index in [0.717, 1.165) is 56.3 Å². The molecule has 3 aromatic rings. The fourth-order valence-corrected chi connectivity index (χ4v) is 4.01. The molecule has 1 fully saturated rings. The van der Waals surface area contributed by atoms with Gasteiger partial charge in [-0.2, -0.15) is 5.10 Å². The first kappa shape index (κ1) is 19.8. The molecule has 0 amide bonds. The Morgan fingerprint density at radius 3 is 2.69 bits per heavy atom. The molecule has 1 atom stereocenters. The summed E-state index contributed by atoms with van der Waals surface area (Å²) in [6.45, 7) is 10.6. The molecule has 0 unspecified atom stereocenters. The van der Waals surface area contributed by atoms with Crippen molar-refractivity contribution in [1.82, 2.24) is 19.7 Å². The highest BCUT2D eigenvalue weighted by molar-refractivity contribution is 5.29. The number of rotatable bonds is 6. The largest absolute Gasteiger partial charge is 0.369 e. The summed E-state index contributed by atoms with van der Waals surface area (Å²) in [6, 6.07) is 15.0. The van der Waals surface area contributed by atoms with Gasteiger partial charge in [0.2, 0.25) is 0 Å². The van der Waals surface area contributed by atoms with E-state index >= 15 is 0 Å². The number of nitrogens with zero attached hydrogens (tertiary/aromatic N) is 4. The van der Waals surface area contributed by atoms with Crippen LogP contribution in [0.15, 0.2) is 48.7 Å². The highest BCUT2D eigenvalue weighted by Gasteiger charge is 2.24. The Morgan fingerprint density at radius 2 is 1.93 bits per heavy atom. The number of ether oxygens (including phenoxy) is 1. The summed E-state index contributed by atoms with van der Waals surface area (Å²) in [6.07, 6.45) is 3.10. The third kappa shape index (κ3) is 4.92. The van der Waals surface area contributed by atoms with Crippen LogP contribution in [0.5, 0.6) is 0 Å². The van der Waals surface area contributed by atoms with Crippen LogP contribution >= 0.6 is 0 Å². The minimum atomic E-state index is 0.0136. The molecule has 152 valence electrons. The zero-order valence-corrected chi connectivity index (χ0v) is 17.6. The molecule has 29 heavy (non-hydrogen) atoms. The average Bonchev–Trinajstić information content (AvgIpc) is 3.08. The molecule has 1 aromatic carbocycles. The van der Waals surface area contributed by atoms with Gasteiger partial charge in [0.15, 0.2) is 0 Å². The molecule has 4 rings (SSSR count). The Bertz CT molecular complexity index is 951. The summed E-state index contributed by atoms with van der Waals surface area (Å²) < 4.78 is 8.14. The van der Waals surface area contributed by atoms with Crippen molar-refractivity contribution in [2.45, 2.75) is 46.4 Å². The van der Waals surface area contributed by atoms with Gasteiger partial charge in [-0.15, -0.1) is 0 Å². The van der Waals surface area contributed by atoms with E-state index in [0.29, 0.717) is 0 Å². The number of morpholine rings is 1. The minimum Gasteiger partial charge on any atom is -0.369 e. The zero-order valence-electron chi connectivity index (χ0n) is 17.6. The van der Waals surface area contributed by atoms with Gasteiger partial charge < -0.3 is 4.74 Å². The molecule has 0 N–H and O–H groups in total. The van der Waals surface area contributed by atoms with E-state index in [1.54, 1.807) is 0 Å². The lowest BCUT2D eigenvalue weighted by Crippen LogP contribution is -2.38. The molecule has 1 saturated heterocycles. The number of hydrogen-bond donors (Lipinski definition) is 0. The molecule has 2 aromatic heterocycles. The summed E-state index contributed by atoms with van der Waals surface area (Å²) in [4.78, 5) is 7.26. The monoisotopic (exact) mass is 390 g/mol. The fraction of sp³-hybridized carbons (Fsp3) is 0.417. The topological polar surface area (TPSA) is 43.2 Å². The molecule has 5 heteroatoms. The summed E-state index contributed by atoms with van der Waals surface area (Å²) in [7, 11) is 0.